The first-order chi connectivity index (χ1) is 7.24. The molecule has 0 amide bonds. The molecule has 0 aromatic carbocycles. The van der Waals surface area contributed by atoms with E-state index < -0.39 is 5.97 Å². The third kappa shape index (κ3) is 3.95. The summed E-state index contributed by atoms with van der Waals surface area (Å²) in [5, 5.41) is 0. The number of carbonyl (C=O) groups excluding carboxylic acids is 1. The lowest BCUT2D eigenvalue weighted by molar-refractivity contribution is 0.0335. The molecule has 0 atom stereocenters. The topological polar surface area (TPSA) is 74.4 Å². The Morgan fingerprint density at radius 2 is 2.33 bits per heavy atom. The molecule has 0 fully saturated rings. The van der Waals surface area contributed by atoms with Gasteiger partial charge in [0.2, 0.25) is 0 Å². The predicted molar refractivity (Wildman–Crippen MR) is 55.4 cm³/mol. The van der Waals surface area contributed by atoms with Crippen LogP contribution in [0.5, 0.6) is 0 Å². The zero-order chi connectivity index (χ0) is 11.1. The second kappa shape index (κ2) is 5.98. The minimum absolute atomic E-state index is 0.245. The van der Waals surface area contributed by atoms with E-state index in [4.69, 9.17) is 15.2 Å². The Morgan fingerprint density at radius 3 is 3.00 bits per heavy atom. The highest BCUT2D eigenvalue weighted by Gasteiger charge is 2.06. The van der Waals surface area contributed by atoms with Gasteiger partial charge >= 0.3 is 5.97 Å². The van der Waals surface area contributed by atoms with E-state index in [1.54, 1.807) is 6.07 Å². The molecule has 5 nitrogen and oxygen atoms in total. The Kier molecular flexibility index (Phi) is 4.56. The van der Waals surface area contributed by atoms with Crippen LogP contribution in [0.15, 0.2) is 18.3 Å². The van der Waals surface area contributed by atoms with Gasteiger partial charge in [-0.3, -0.25) is 0 Å². The predicted octanol–water partition coefficient (Wildman–Crippen LogP) is 0.857. The number of pyridine rings is 1. The van der Waals surface area contributed by atoms with Crippen LogP contribution in [0.1, 0.15) is 17.3 Å². The van der Waals surface area contributed by atoms with Gasteiger partial charge in [-0.1, -0.05) is 0 Å². The van der Waals surface area contributed by atoms with Crippen molar-refractivity contribution in [3.05, 3.63) is 23.9 Å². The maximum absolute atomic E-state index is 11.4. The van der Waals surface area contributed by atoms with E-state index in [0.29, 0.717) is 24.6 Å². The van der Waals surface area contributed by atoms with Crippen molar-refractivity contribution in [3.8, 4) is 0 Å². The average Bonchev–Trinajstić information content (AvgIpc) is 2.24. The molecular formula is C10H14N2O3. The molecule has 0 saturated heterocycles. The van der Waals surface area contributed by atoms with Crippen LogP contribution in [0.3, 0.4) is 0 Å². The van der Waals surface area contributed by atoms with Crippen molar-refractivity contribution in [2.24, 2.45) is 0 Å². The number of hydrogen-bond donors (Lipinski definition) is 1. The van der Waals surface area contributed by atoms with Gasteiger partial charge in [0.25, 0.3) is 0 Å². The monoisotopic (exact) mass is 210 g/mol. The number of aromatic nitrogens is 1. The second-order valence-corrected chi connectivity index (χ2v) is 2.80. The van der Waals surface area contributed by atoms with E-state index in [1.807, 2.05) is 6.92 Å². The quantitative estimate of drug-likeness (QED) is 0.576. The summed E-state index contributed by atoms with van der Waals surface area (Å²) in [6.07, 6.45) is 1.47. The number of nitrogen functional groups attached to an aromatic ring is 1. The van der Waals surface area contributed by atoms with Gasteiger partial charge in [-0.15, -0.1) is 0 Å². The van der Waals surface area contributed by atoms with Crippen LogP contribution in [-0.4, -0.2) is 30.8 Å². The Morgan fingerprint density at radius 1 is 1.53 bits per heavy atom. The molecule has 0 unspecified atom stereocenters. The van der Waals surface area contributed by atoms with Crippen LogP contribution in [0.25, 0.3) is 0 Å². The summed E-state index contributed by atoms with van der Waals surface area (Å²) in [7, 11) is 0. The summed E-state index contributed by atoms with van der Waals surface area (Å²) in [6, 6.07) is 3.03. The summed E-state index contributed by atoms with van der Waals surface area (Å²) < 4.78 is 9.97. The van der Waals surface area contributed by atoms with Crippen molar-refractivity contribution < 1.29 is 14.3 Å². The second-order valence-electron chi connectivity index (χ2n) is 2.80. The lowest BCUT2D eigenvalue weighted by atomic mass is 10.3. The molecule has 2 N–H and O–H groups in total. The molecule has 1 aromatic rings. The van der Waals surface area contributed by atoms with Gasteiger partial charge < -0.3 is 15.2 Å². The van der Waals surface area contributed by atoms with E-state index in [9.17, 15) is 4.79 Å². The minimum Gasteiger partial charge on any atom is -0.460 e. The molecule has 0 saturated carbocycles. The standard InChI is InChI=1S/C10H14N2O3/c1-2-14-5-6-15-10(13)8-3-4-12-9(11)7-8/h3-4,7H,2,5-6H2,1H3,(H2,11,12). The van der Waals surface area contributed by atoms with Crippen molar-refractivity contribution in [1.29, 1.82) is 0 Å². The number of nitrogens with zero attached hydrogens (tertiary/aromatic N) is 1. The SMILES string of the molecule is CCOCCOC(=O)c1ccnc(N)c1. The molecule has 0 radical (unpaired) electrons. The van der Waals surface area contributed by atoms with Gasteiger partial charge in [0.1, 0.15) is 12.4 Å². The third-order valence-electron chi connectivity index (χ3n) is 1.68. The van der Waals surface area contributed by atoms with E-state index in [0.717, 1.165) is 0 Å². The molecule has 5 heteroatoms. The summed E-state index contributed by atoms with van der Waals surface area (Å²) in [5.41, 5.74) is 5.83. The lowest BCUT2D eigenvalue weighted by Crippen LogP contribution is -2.11. The molecule has 0 aliphatic rings. The van der Waals surface area contributed by atoms with Crippen molar-refractivity contribution in [2.45, 2.75) is 6.92 Å². The zero-order valence-corrected chi connectivity index (χ0v) is 8.60. The maximum Gasteiger partial charge on any atom is 0.338 e. The smallest absolute Gasteiger partial charge is 0.338 e. The summed E-state index contributed by atoms with van der Waals surface area (Å²) in [4.78, 5) is 15.2. The highest BCUT2D eigenvalue weighted by atomic mass is 16.6. The van der Waals surface area contributed by atoms with Crippen LogP contribution < -0.4 is 5.73 Å². The Balaban J connectivity index is 2.40. The molecule has 1 rings (SSSR count). The minimum atomic E-state index is -0.413. The first-order valence-electron chi connectivity index (χ1n) is 4.70. The maximum atomic E-state index is 11.4. The fourth-order valence-electron chi connectivity index (χ4n) is 0.996. The van der Waals surface area contributed by atoms with Crippen LogP contribution >= 0.6 is 0 Å². The van der Waals surface area contributed by atoms with E-state index in [2.05, 4.69) is 4.98 Å². The highest BCUT2D eigenvalue weighted by Crippen LogP contribution is 2.04. The number of rotatable bonds is 5. The lowest BCUT2D eigenvalue weighted by Gasteiger charge is -2.04. The van der Waals surface area contributed by atoms with Gasteiger partial charge in [-0.05, 0) is 19.1 Å². The molecule has 15 heavy (non-hydrogen) atoms. The third-order valence-corrected chi connectivity index (χ3v) is 1.68. The number of anilines is 1. The fourth-order valence-corrected chi connectivity index (χ4v) is 0.996. The molecule has 0 spiro atoms. The Labute approximate surface area is 88.2 Å². The van der Waals surface area contributed by atoms with Gasteiger partial charge in [-0.2, -0.15) is 0 Å². The zero-order valence-electron chi connectivity index (χ0n) is 8.60. The molecule has 1 heterocycles. The molecule has 0 aliphatic heterocycles. The van der Waals surface area contributed by atoms with Gasteiger partial charge in [0, 0.05) is 12.8 Å². The molecular weight excluding hydrogens is 196 g/mol. The average molecular weight is 210 g/mol. The van der Waals surface area contributed by atoms with Crippen LogP contribution in [0, 0.1) is 0 Å². The molecule has 82 valence electrons. The number of ether oxygens (including phenoxy) is 2. The van der Waals surface area contributed by atoms with Gasteiger partial charge in [0.05, 0.1) is 12.2 Å². The van der Waals surface area contributed by atoms with E-state index in [-0.39, 0.29) is 6.61 Å². The van der Waals surface area contributed by atoms with Gasteiger partial charge in [-0.25, -0.2) is 9.78 Å². The number of nitrogens with two attached hydrogens (primary N) is 1. The normalized spacial score (nSPS) is 9.93. The molecule has 1 aromatic heterocycles. The number of carbonyl (C=O) groups is 1. The van der Waals surface area contributed by atoms with E-state index in [1.165, 1.54) is 12.3 Å². The van der Waals surface area contributed by atoms with Crippen molar-refractivity contribution in [3.63, 3.8) is 0 Å². The van der Waals surface area contributed by atoms with Crippen molar-refractivity contribution in [2.75, 3.05) is 25.6 Å². The molecule has 0 bridgehead atoms. The summed E-state index contributed by atoms with van der Waals surface area (Å²) in [5.74, 6) is -0.113. The van der Waals surface area contributed by atoms with Crippen molar-refractivity contribution >= 4 is 11.8 Å². The largest absolute Gasteiger partial charge is 0.460 e. The summed E-state index contributed by atoms with van der Waals surface area (Å²) >= 11 is 0. The van der Waals surface area contributed by atoms with Crippen LogP contribution in [-0.2, 0) is 9.47 Å². The van der Waals surface area contributed by atoms with Crippen LogP contribution in [0.2, 0.25) is 0 Å². The highest BCUT2D eigenvalue weighted by molar-refractivity contribution is 5.89. The van der Waals surface area contributed by atoms with Gasteiger partial charge in [0.15, 0.2) is 0 Å². The molecule has 0 aliphatic carbocycles. The first kappa shape index (κ1) is 11.5. The first-order valence-corrected chi connectivity index (χ1v) is 4.70. The fraction of sp³-hybridized carbons (Fsp3) is 0.400. The van der Waals surface area contributed by atoms with E-state index >= 15 is 0 Å². The number of hydrogen-bond acceptors (Lipinski definition) is 5. The Hall–Kier alpha value is -1.62. The van der Waals surface area contributed by atoms with Crippen LogP contribution in [0.4, 0.5) is 5.82 Å². The van der Waals surface area contributed by atoms with Crippen molar-refractivity contribution in [1.82, 2.24) is 4.98 Å². The Bertz CT molecular complexity index is 328. The number of esters is 1. The summed E-state index contributed by atoms with van der Waals surface area (Å²) in [6.45, 7) is 3.14.